The molecule has 84 valence electrons. The van der Waals surface area contributed by atoms with Crippen LogP contribution in [0.25, 0.3) is 10.2 Å². The van der Waals surface area contributed by atoms with Crippen LogP contribution in [0.2, 0.25) is 0 Å². The summed E-state index contributed by atoms with van der Waals surface area (Å²) in [6, 6.07) is 6.24. The van der Waals surface area contributed by atoms with Crippen LogP contribution < -0.4 is 9.67 Å². The normalized spacial score (nSPS) is 10.9. The summed E-state index contributed by atoms with van der Waals surface area (Å²) in [6.45, 7) is 4.53. The van der Waals surface area contributed by atoms with Gasteiger partial charge in [-0.15, -0.1) is 0 Å². The number of aromatic nitrogens is 1. The maximum atomic E-state index is 10.5. The van der Waals surface area contributed by atoms with E-state index in [1.54, 1.807) is 11.3 Å². The highest BCUT2D eigenvalue weighted by molar-refractivity contribution is 7.18. The Hall–Kier alpha value is -1.42. The van der Waals surface area contributed by atoms with Gasteiger partial charge in [0.25, 0.3) is 0 Å². The average Bonchev–Trinajstić information content (AvgIpc) is 2.51. The van der Waals surface area contributed by atoms with E-state index in [-0.39, 0.29) is 6.42 Å². The largest absolute Gasteiger partial charge is 0.550 e. The molecule has 0 fully saturated rings. The van der Waals surface area contributed by atoms with E-state index in [1.807, 2.05) is 18.4 Å². The molecule has 1 aromatic carbocycles. The van der Waals surface area contributed by atoms with Gasteiger partial charge in [0.15, 0.2) is 6.54 Å². The van der Waals surface area contributed by atoms with Gasteiger partial charge in [0.05, 0.1) is 0 Å². The SMILES string of the molecule is Cc1ccc2sc(C)[n+](CCC(=O)[O-])c2c1. The predicted molar refractivity (Wildman–Crippen MR) is 61.1 cm³/mol. The van der Waals surface area contributed by atoms with E-state index in [1.165, 1.54) is 10.3 Å². The Balaban J connectivity index is 2.45. The van der Waals surface area contributed by atoms with Crippen molar-refractivity contribution in [1.29, 1.82) is 0 Å². The van der Waals surface area contributed by atoms with Crippen LogP contribution >= 0.6 is 11.3 Å². The Labute approximate surface area is 98.0 Å². The average molecular weight is 235 g/mol. The number of thiazole rings is 1. The quantitative estimate of drug-likeness (QED) is 0.743. The summed E-state index contributed by atoms with van der Waals surface area (Å²) in [7, 11) is 0. The molecule has 16 heavy (non-hydrogen) atoms. The number of carbonyl (C=O) groups is 1. The van der Waals surface area contributed by atoms with Crippen molar-refractivity contribution in [3.8, 4) is 0 Å². The molecule has 0 saturated carbocycles. The van der Waals surface area contributed by atoms with Crippen molar-refractivity contribution in [2.75, 3.05) is 0 Å². The second-order valence-corrected chi connectivity index (χ2v) is 5.10. The number of aliphatic carboxylic acids is 1. The van der Waals surface area contributed by atoms with Gasteiger partial charge >= 0.3 is 0 Å². The molecule has 0 radical (unpaired) electrons. The molecular weight excluding hydrogens is 222 g/mol. The lowest BCUT2D eigenvalue weighted by molar-refractivity contribution is -0.672. The molecule has 0 N–H and O–H groups in total. The summed E-state index contributed by atoms with van der Waals surface area (Å²) < 4.78 is 3.24. The van der Waals surface area contributed by atoms with Gasteiger partial charge in [-0.1, -0.05) is 17.4 Å². The molecule has 0 bridgehead atoms. The molecule has 2 rings (SSSR count). The molecule has 4 heteroatoms. The van der Waals surface area contributed by atoms with Crippen molar-refractivity contribution >= 4 is 27.5 Å². The van der Waals surface area contributed by atoms with Crippen molar-refractivity contribution in [3.05, 3.63) is 28.8 Å². The lowest BCUT2D eigenvalue weighted by Crippen LogP contribution is -2.38. The predicted octanol–water partition coefficient (Wildman–Crippen LogP) is 0.946. The van der Waals surface area contributed by atoms with Crippen LogP contribution in [0.5, 0.6) is 0 Å². The molecule has 1 aromatic heterocycles. The Morgan fingerprint density at radius 2 is 2.19 bits per heavy atom. The fourth-order valence-electron chi connectivity index (χ4n) is 1.79. The minimum Gasteiger partial charge on any atom is -0.550 e. The summed E-state index contributed by atoms with van der Waals surface area (Å²) in [5.74, 6) is -1.00. The lowest BCUT2D eigenvalue weighted by atomic mass is 10.2. The maximum absolute atomic E-state index is 10.5. The van der Waals surface area contributed by atoms with Crippen molar-refractivity contribution in [3.63, 3.8) is 0 Å². The smallest absolute Gasteiger partial charge is 0.235 e. The van der Waals surface area contributed by atoms with Crippen molar-refractivity contribution in [1.82, 2.24) is 0 Å². The standard InChI is InChI=1S/C12H13NO2S/c1-8-3-4-11-10(7-8)13(9(2)16-11)6-5-12(14)15/h3-4,7H,5-6H2,1-2H3. The molecular formula is C12H13NO2S. The third-order valence-electron chi connectivity index (χ3n) is 2.58. The first-order valence-corrected chi connectivity index (χ1v) is 5.99. The van der Waals surface area contributed by atoms with Gasteiger partial charge in [-0.2, -0.15) is 4.57 Å². The van der Waals surface area contributed by atoms with Crippen molar-refractivity contribution in [2.45, 2.75) is 26.8 Å². The third kappa shape index (κ3) is 2.07. The maximum Gasteiger partial charge on any atom is 0.235 e. The summed E-state index contributed by atoms with van der Waals surface area (Å²) in [6.07, 6.45) is 0.0608. The van der Waals surface area contributed by atoms with Crippen LogP contribution in [-0.2, 0) is 11.3 Å². The van der Waals surface area contributed by atoms with Crippen LogP contribution in [0.3, 0.4) is 0 Å². The van der Waals surface area contributed by atoms with Crippen LogP contribution in [-0.4, -0.2) is 5.97 Å². The number of nitrogens with zero attached hydrogens (tertiary/aromatic N) is 1. The number of hydrogen-bond acceptors (Lipinski definition) is 3. The fraction of sp³-hybridized carbons (Fsp3) is 0.333. The zero-order valence-electron chi connectivity index (χ0n) is 9.32. The molecule has 0 amide bonds. The van der Waals surface area contributed by atoms with Gasteiger partial charge in [0, 0.05) is 25.4 Å². The van der Waals surface area contributed by atoms with Crippen molar-refractivity contribution < 1.29 is 14.5 Å². The highest BCUT2D eigenvalue weighted by Gasteiger charge is 2.16. The first-order chi connectivity index (χ1) is 7.58. The Morgan fingerprint density at radius 3 is 2.88 bits per heavy atom. The van der Waals surface area contributed by atoms with E-state index in [4.69, 9.17) is 0 Å². The van der Waals surface area contributed by atoms with E-state index >= 15 is 0 Å². The zero-order valence-corrected chi connectivity index (χ0v) is 10.1. The number of carboxylic acid groups (broad SMARTS) is 1. The number of fused-ring (bicyclic) bond motifs is 1. The second kappa shape index (κ2) is 4.22. The van der Waals surface area contributed by atoms with Gasteiger partial charge in [-0.05, 0) is 18.6 Å². The third-order valence-corrected chi connectivity index (χ3v) is 3.66. The first-order valence-electron chi connectivity index (χ1n) is 5.17. The number of aryl methyl sites for hydroxylation is 3. The Kier molecular flexibility index (Phi) is 2.92. The van der Waals surface area contributed by atoms with E-state index in [0.29, 0.717) is 6.54 Å². The highest BCUT2D eigenvalue weighted by Crippen LogP contribution is 2.20. The molecule has 0 atom stereocenters. The van der Waals surface area contributed by atoms with Gasteiger partial charge in [-0.25, -0.2) is 0 Å². The summed E-state index contributed by atoms with van der Waals surface area (Å²) >= 11 is 1.69. The molecule has 1 heterocycles. The van der Waals surface area contributed by atoms with Crippen molar-refractivity contribution in [2.24, 2.45) is 0 Å². The van der Waals surface area contributed by atoms with Gasteiger partial charge in [0.1, 0.15) is 4.70 Å². The first kappa shape index (κ1) is 11.1. The van der Waals surface area contributed by atoms with Crippen LogP contribution in [0.4, 0.5) is 0 Å². The molecule has 0 spiro atoms. The number of rotatable bonds is 3. The minimum atomic E-state index is -1.00. The molecule has 0 saturated heterocycles. The number of carboxylic acids is 1. The zero-order chi connectivity index (χ0) is 11.7. The van der Waals surface area contributed by atoms with Crippen LogP contribution in [0, 0.1) is 13.8 Å². The molecule has 0 aliphatic heterocycles. The summed E-state index contributed by atoms with van der Waals surface area (Å²) in [5.41, 5.74) is 2.30. The molecule has 0 aliphatic rings. The number of hydrogen-bond donors (Lipinski definition) is 0. The van der Waals surface area contributed by atoms with Gasteiger partial charge in [0.2, 0.25) is 10.5 Å². The number of benzene rings is 1. The van der Waals surface area contributed by atoms with Gasteiger partial charge in [-0.3, -0.25) is 0 Å². The van der Waals surface area contributed by atoms with Crippen LogP contribution in [0.1, 0.15) is 17.0 Å². The van der Waals surface area contributed by atoms with E-state index in [2.05, 4.69) is 18.2 Å². The molecule has 0 aliphatic carbocycles. The van der Waals surface area contributed by atoms with Crippen LogP contribution in [0.15, 0.2) is 18.2 Å². The minimum absolute atomic E-state index is 0.0608. The highest BCUT2D eigenvalue weighted by atomic mass is 32.1. The topological polar surface area (TPSA) is 44.0 Å². The van der Waals surface area contributed by atoms with E-state index in [9.17, 15) is 9.90 Å². The Bertz CT molecular complexity index is 545. The van der Waals surface area contributed by atoms with Gasteiger partial charge < -0.3 is 9.90 Å². The Morgan fingerprint density at radius 1 is 1.44 bits per heavy atom. The monoisotopic (exact) mass is 235 g/mol. The molecule has 2 aromatic rings. The summed E-state index contributed by atoms with van der Waals surface area (Å²) in [4.78, 5) is 10.5. The molecule has 0 unspecified atom stereocenters. The fourth-order valence-corrected chi connectivity index (χ4v) is 2.82. The lowest BCUT2D eigenvalue weighted by Gasteiger charge is -1.99. The number of carbonyl (C=O) groups excluding carboxylic acids is 1. The second-order valence-electron chi connectivity index (χ2n) is 3.87. The van der Waals surface area contributed by atoms with E-state index < -0.39 is 5.97 Å². The summed E-state index contributed by atoms with van der Waals surface area (Å²) in [5, 5.41) is 11.6. The molecule has 3 nitrogen and oxygen atoms in total. The van der Waals surface area contributed by atoms with E-state index in [0.717, 1.165) is 10.5 Å².